The molecule has 0 aromatic rings. The minimum Gasteiger partial charge on any atom is -0.380 e. The SMILES string of the molecule is CC1CCC(N[C@@H]2CCCOC2)CC1. The van der Waals surface area contributed by atoms with Gasteiger partial charge in [-0.3, -0.25) is 0 Å². The summed E-state index contributed by atoms with van der Waals surface area (Å²) in [5.74, 6) is 0.954. The summed E-state index contributed by atoms with van der Waals surface area (Å²) >= 11 is 0. The Morgan fingerprint density at radius 2 is 1.79 bits per heavy atom. The smallest absolute Gasteiger partial charge is 0.0619 e. The van der Waals surface area contributed by atoms with Crippen molar-refractivity contribution < 1.29 is 4.74 Å². The second-order valence-electron chi connectivity index (χ2n) is 5.04. The van der Waals surface area contributed by atoms with Gasteiger partial charge in [-0.1, -0.05) is 6.92 Å². The van der Waals surface area contributed by atoms with E-state index in [4.69, 9.17) is 4.74 Å². The zero-order valence-electron chi connectivity index (χ0n) is 9.30. The summed E-state index contributed by atoms with van der Waals surface area (Å²) in [6, 6.07) is 1.42. The molecule has 1 atom stereocenters. The van der Waals surface area contributed by atoms with E-state index >= 15 is 0 Å². The molecule has 1 saturated carbocycles. The third kappa shape index (κ3) is 2.96. The quantitative estimate of drug-likeness (QED) is 0.733. The summed E-state index contributed by atoms with van der Waals surface area (Å²) in [4.78, 5) is 0. The number of hydrogen-bond donors (Lipinski definition) is 1. The average molecular weight is 197 g/mol. The Morgan fingerprint density at radius 3 is 2.43 bits per heavy atom. The van der Waals surface area contributed by atoms with E-state index in [1.165, 1.54) is 38.5 Å². The van der Waals surface area contributed by atoms with Crippen LogP contribution in [-0.4, -0.2) is 25.3 Å². The molecule has 1 aliphatic heterocycles. The van der Waals surface area contributed by atoms with Gasteiger partial charge >= 0.3 is 0 Å². The molecule has 0 radical (unpaired) electrons. The fourth-order valence-corrected chi connectivity index (χ4v) is 2.63. The Balaban J connectivity index is 1.68. The molecule has 1 aliphatic carbocycles. The maximum absolute atomic E-state index is 5.48. The molecule has 1 N–H and O–H groups in total. The van der Waals surface area contributed by atoms with Crippen molar-refractivity contribution in [1.82, 2.24) is 5.32 Å². The van der Waals surface area contributed by atoms with E-state index in [2.05, 4.69) is 12.2 Å². The van der Waals surface area contributed by atoms with Crippen LogP contribution in [0.1, 0.15) is 45.4 Å². The van der Waals surface area contributed by atoms with Crippen LogP contribution in [0.4, 0.5) is 0 Å². The van der Waals surface area contributed by atoms with Gasteiger partial charge in [-0.25, -0.2) is 0 Å². The Bertz CT molecular complexity index is 158. The monoisotopic (exact) mass is 197 g/mol. The molecular formula is C12H23NO. The molecule has 2 rings (SSSR count). The maximum atomic E-state index is 5.48. The highest BCUT2D eigenvalue weighted by Gasteiger charge is 2.22. The molecule has 82 valence electrons. The number of hydrogen-bond acceptors (Lipinski definition) is 2. The maximum Gasteiger partial charge on any atom is 0.0619 e. The minimum absolute atomic E-state index is 0.641. The van der Waals surface area contributed by atoms with Crippen LogP contribution >= 0.6 is 0 Å². The van der Waals surface area contributed by atoms with E-state index in [1.54, 1.807) is 0 Å². The predicted octanol–water partition coefficient (Wildman–Crippen LogP) is 2.33. The van der Waals surface area contributed by atoms with Gasteiger partial charge in [0.05, 0.1) is 6.61 Å². The molecule has 2 nitrogen and oxygen atoms in total. The zero-order valence-corrected chi connectivity index (χ0v) is 9.30. The summed E-state index contributed by atoms with van der Waals surface area (Å²) in [7, 11) is 0. The molecular weight excluding hydrogens is 174 g/mol. The van der Waals surface area contributed by atoms with Gasteiger partial charge in [0.1, 0.15) is 0 Å². The van der Waals surface area contributed by atoms with Crippen LogP contribution in [0.25, 0.3) is 0 Å². The first-order valence-electron chi connectivity index (χ1n) is 6.18. The lowest BCUT2D eigenvalue weighted by Crippen LogP contribution is -2.44. The van der Waals surface area contributed by atoms with Crippen molar-refractivity contribution >= 4 is 0 Å². The van der Waals surface area contributed by atoms with E-state index in [9.17, 15) is 0 Å². The van der Waals surface area contributed by atoms with Gasteiger partial charge in [0.2, 0.25) is 0 Å². The first kappa shape index (κ1) is 10.4. The molecule has 1 heterocycles. The molecule has 0 amide bonds. The van der Waals surface area contributed by atoms with Gasteiger partial charge < -0.3 is 10.1 Å². The third-order valence-corrected chi connectivity index (χ3v) is 3.65. The molecule has 0 aromatic carbocycles. The van der Waals surface area contributed by atoms with Crippen molar-refractivity contribution in [1.29, 1.82) is 0 Å². The van der Waals surface area contributed by atoms with Crippen molar-refractivity contribution in [2.45, 2.75) is 57.5 Å². The highest BCUT2D eigenvalue weighted by atomic mass is 16.5. The van der Waals surface area contributed by atoms with Crippen LogP contribution in [0, 0.1) is 5.92 Å². The van der Waals surface area contributed by atoms with Crippen molar-refractivity contribution in [3.8, 4) is 0 Å². The van der Waals surface area contributed by atoms with Crippen molar-refractivity contribution in [2.24, 2.45) is 5.92 Å². The highest BCUT2D eigenvalue weighted by Crippen LogP contribution is 2.24. The normalized spacial score (nSPS) is 39.6. The van der Waals surface area contributed by atoms with E-state index in [0.29, 0.717) is 6.04 Å². The van der Waals surface area contributed by atoms with Crippen LogP contribution < -0.4 is 5.32 Å². The Labute approximate surface area is 87.4 Å². The standard InChI is InChI=1S/C12H23NO/c1-10-4-6-11(7-5-10)13-12-3-2-8-14-9-12/h10-13H,2-9H2,1H3/t10?,11?,12-/m1/s1. The summed E-state index contributed by atoms with van der Waals surface area (Å²) in [5, 5.41) is 3.75. The molecule has 0 bridgehead atoms. The molecule has 0 aromatic heterocycles. The summed E-state index contributed by atoms with van der Waals surface area (Å²) < 4.78 is 5.48. The fraction of sp³-hybridized carbons (Fsp3) is 1.00. The van der Waals surface area contributed by atoms with Crippen molar-refractivity contribution in [3.63, 3.8) is 0 Å². The number of ether oxygens (including phenoxy) is 1. The Kier molecular flexibility index (Phi) is 3.82. The first-order chi connectivity index (χ1) is 6.84. The van der Waals surface area contributed by atoms with Crippen LogP contribution in [0.2, 0.25) is 0 Å². The van der Waals surface area contributed by atoms with Crippen molar-refractivity contribution in [2.75, 3.05) is 13.2 Å². The topological polar surface area (TPSA) is 21.3 Å². The highest BCUT2D eigenvalue weighted by molar-refractivity contribution is 4.80. The summed E-state index contributed by atoms with van der Waals surface area (Å²) in [5.41, 5.74) is 0. The Morgan fingerprint density at radius 1 is 1.00 bits per heavy atom. The first-order valence-corrected chi connectivity index (χ1v) is 6.18. The molecule has 0 unspecified atom stereocenters. The van der Waals surface area contributed by atoms with Gasteiger partial charge in [0, 0.05) is 18.7 Å². The van der Waals surface area contributed by atoms with Crippen molar-refractivity contribution in [3.05, 3.63) is 0 Å². The van der Waals surface area contributed by atoms with Crippen LogP contribution in [0.15, 0.2) is 0 Å². The lowest BCUT2D eigenvalue weighted by molar-refractivity contribution is 0.0634. The lowest BCUT2D eigenvalue weighted by Gasteiger charge is -2.32. The Hall–Kier alpha value is -0.0800. The summed E-state index contributed by atoms with van der Waals surface area (Å²) in [6.07, 6.45) is 8.11. The zero-order chi connectivity index (χ0) is 9.80. The number of rotatable bonds is 2. The average Bonchev–Trinajstić information content (AvgIpc) is 2.23. The molecule has 14 heavy (non-hydrogen) atoms. The van der Waals surface area contributed by atoms with E-state index in [-0.39, 0.29) is 0 Å². The fourth-order valence-electron chi connectivity index (χ4n) is 2.63. The predicted molar refractivity (Wildman–Crippen MR) is 58.4 cm³/mol. The van der Waals surface area contributed by atoms with E-state index < -0.39 is 0 Å². The third-order valence-electron chi connectivity index (χ3n) is 3.65. The van der Waals surface area contributed by atoms with Crippen LogP contribution in [0.5, 0.6) is 0 Å². The molecule has 1 saturated heterocycles. The van der Waals surface area contributed by atoms with Crippen LogP contribution in [-0.2, 0) is 4.74 Å². The van der Waals surface area contributed by atoms with Gasteiger partial charge in [-0.2, -0.15) is 0 Å². The number of nitrogens with one attached hydrogen (secondary N) is 1. The van der Waals surface area contributed by atoms with Gasteiger partial charge in [-0.15, -0.1) is 0 Å². The molecule has 2 aliphatic rings. The van der Waals surface area contributed by atoms with Gasteiger partial charge in [-0.05, 0) is 44.4 Å². The molecule has 0 spiro atoms. The summed E-state index contributed by atoms with van der Waals surface area (Å²) in [6.45, 7) is 4.28. The van der Waals surface area contributed by atoms with Gasteiger partial charge in [0.15, 0.2) is 0 Å². The molecule has 2 fully saturated rings. The van der Waals surface area contributed by atoms with E-state index in [0.717, 1.165) is 25.2 Å². The van der Waals surface area contributed by atoms with E-state index in [1.807, 2.05) is 0 Å². The van der Waals surface area contributed by atoms with Gasteiger partial charge in [0.25, 0.3) is 0 Å². The second kappa shape index (κ2) is 5.13. The largest absolute Gasteiger partial charge is 0.380 e. The van der Waals surface area contributed by atoms with Crippen LogP contribution in [0.3, 0.4) is 0 Å². The minimum atomic E-state index is 0.641. The lowest BCUT2D eigenvalue weighted by atomic mass is 9.87. The second-order valence-corrected chi connectivity index (χ2v) is 5.04. The molecule has 2 heteroatoms.